The Hall–Kier alpha value is -1.22. The maximum Gasteiger partial charge on any atom is 0.164 e. The average Bonchev–Trinajstić information content (AvgIpc) is 2.19. The van der Waals surface area contributed by atoms with Crippen LogP contribution in [0.3, 0.4) is 0 Å². The first-order chi connectivity index (χ1) is 7.18. The number of aromatic hydroxyl groups is 1. The fraction of sp³-hybridized carbons (Fsp3) is 0.500. The van der Waals surface area contributed by atoms with Crippen molar-refractivity contribution in [3.63, 3.8) is 0 Å². The van der Waals surface area contributed by atoms with Crippen molar-refractivity contribution < 1.29 is 9.84 Å². The van der Waals surface area contributed by atoms with E-state index in [1.165, 1.54) is 0 Å². The summed E-state index contributed by atoms with van der Waals surface area (Å²) >= 11 is 0. The van der Waals surface area contributed by atoms with Crippen LogP contribution in [0.15, 0.2) is 18.2 Å². The zero-order valence-corrected chi connectivity index (χ0v) is 9.23. The molecular formula is C12H17NO2. The summed E-state index contributed by atoms with van der Waals surface area (Å²) in [5, 5.41) is 9.67. The van der Waals surface area contributed by atoms with Crippen molar-refractivity contribution >= 4 is 0 Å². The number of ether oxygens (including phenoxy) is 1. The topological polar surface area (TPSA) is 32.7 Å². The van der Waals surface area contributed by atoms with Gasteiger partial charge < -0.3 is 14.7 Å². The molecule has 1 aromatic rings. The van der Waals surface area contributed by atoms with Gasteiger partial charge in [-0.1, -0.05) is 12.1 Å². The van der Waals surface area contributed by atoms with Crippen molar-refractivity contribution in [2.24, 2.45) is 0 Å². The second kappa shape index (κ2) is 4.11. The third kappa shape index (κ3) is 2.07. The lowest BCUT2D eigenvalue weighted by Crippen LogP contribution is -2.25. The number of nitrogens with zero attached hydrogens (tertiary/aromatic N) is 1. The zero-order valence-electron chi connectivity index (χ0n) is 9.23. The van der Waals surface area contributed by atoms with E-state index in [-0.39, 0.29) is 5.75 Å². The number of para-hydroxylation sites is 1. The molecule has 1 aliphatic rings. The van der Waals surface area contributed by atoms with E-state index in [4.69, 9.17) is 4.74 Å². The fourth-order valence-electron chi connectivity index (χ4n) is 2.11. The largest absolute Gasteiger partial charge is 0.504 e. The van der Waals surface area contributed by atoms with Crippen molar-refractivity contribution in [1.29, 1.82) is 0 Å². The van der Waals surface area contributed by atoms with Gasteiger partial charge in [-0.25, -0.2) is 0 Å². The van der Waals surface area contributed by atoms with Gasteiger partial charge in [0.25, 0.3) is 0 Å². The van der Waals surface area contributed by atoms with E-state index in [0.717, 1.165) is 18.5 Å². The van der Waals surface area contributed by atoms with Gasteiger partial charge in [-0.3, -0.25) is 0 Å². The highest BCUT2D eigenvalue weighted by atomic mass is 16.5. The van der Waals surface area contributed by atoms with Crippen LogP contribution in [0.1, 0.15) is 17.9 Å². The number of phenolic OH excluding ortho intramolecular Hbond substituents is 1. The van der Waals surface area contributed by atoms with E-state index >= 15 is 0 Å². The summed E-state index contributed by atoms with van der Waals surface area (Å²) in [7, 11) is 4.13. The monoisotopic (exact) mass is 207 g/mol. The SMILES string of the molecule is CN(C)CC1CCOc2c(O)cccc21. The van der Waals surface area contributed by atoms with Gasteiger partial charge in [0.15, 0.2) is 11.5 Å². The van der Waals surface area contributed by atoms with Crippen LogP contribution in [0.4, 0.5) is 0 Å². The Labute approximate surface area is 90.3 Å². The van der Waals surface area contributed by atoms with Crippen molar-refractivity contribution in [1.82, 2.24) is 4.90 Å². The smallest absolute Gasteiger partial charge is 0.164 e. The van der Waals surface area contributed by atoms with Gasteiger partial charge in [-0.05, 0) is 26.6 Å². The zero-order chi connectivity index (χ0) is 10.8. The molecule has 1 unspecified atom stereocenters. The van der Waals surface area contributed by atoms with E-state index in [9.17, 15) is 5.11 Å². The van der Waals surface area contributed by atoms with Crippen molar-refractivity contribution in [3.05, 3.63) is 23.8 Å². The molecular weight excluding hydrogens is 190 g/mol. The molecule has 0 saturated carbocycles. The van der Waals surface area contributed by atoms with Crippen molar-refractivity contribution in [2.45, 2.75) is 12.3 Å². The summed E-state index contributed by atoms with van der Waals surface area (Å²) < 4.78 is 5.50. The van der Waals surface area contributed by atoms with Crippen LogP contribution in [-0.2, 0) is 0 Å². The van der Waals surface area contributed by atoms with Crippen molar-refractivity contribution in [2.75, 3.05) is 27.2 Å². The molecule has 82 valence electrons. The first kappa shape index (κ1) is 10.3. The molecule has 2 rings (SSSR count). The van der Waals surface area contributed by atoms with Crippen LogP contribution in [0, 0.1) is 0 Å². The quantitative estimate of drug-likeness (QED) is 0.803. The Kier molecular flexibility index (Phi) is 2.82. The first-order valence-electron chi connectivity index (χ1n) is 5.28. The number of hydrogen-bond donors (Lipinski definition) is 1. The lowest BCUT2D eigenvalue weighted by atomic mass is 9.92. The van der Waals surface area contributed by atoms with Gasteiger partial charge in [0.1, 0.15) is 0 Å². The summed E-state index contributed by atoms with van der Waals surface area (Å²) in [5.41, 5.74) is 1.13. The lowest BCUT2D eigenvalue weighted by molar-refractivity contribution is 0.235. The van der Waals surface area contributed by atoms with Crippen molar-refractivity contribution in [3.8, 4) is 11.5 Å². The van der Waals surface area contributed by atoms with E-state index in [1.807, 2.05) is 12.1 Å². The number of phenols is 1. The summed E-state index contributed by atoms with van der Waals surface area (Å²) in [4.78, 5) is 2.17. The summed E-state index contributed by atoms with van der Waals surface area (Å²) in [6.45, 7) is 1.70. The highest BCUT2D eigenvalue weighted by Crippen LogP contribution is 2.39. The molecule has 1 atom stereocenters. The molecule has 0 amide bonds. The van der Waals surface area contributed by atoms with Gasteiger partial charge in [0.05, 0.1) is 6.61 Å². The number of fused-ring (bicyclic) bond motifs is 1. The fourth-order valence-corrected chi connectivity index (χ4v) is 2.11. The number of hydrogen-bond acceptors (Lipinski definition) is 3. The Bertz CT molecular complexity index is 349. The molecule has 1 aromatic carbocycles. The maximum atomic E-state index is 9.67. The van der Waals surface area contributed by atoms with E-state index in [2.05, 4.69) is 19.0 Å². The molecule has 3 heteroatoms. The number of likely N-dealkylation sites (N-methyl/N-ethyl adjacent to an activating group) is 1. The third-order valence-corrected chi connectivity index (χ3v) is 2.76. The molecule has 15 heavy (non-hydrogen) atoms. The van der Waals surface area contributed by atoms with Gasteiger partial charge >= 0.3 is 0 Å². The molecule has 0 saturated heterocycles. The van der Waals surface area contributed by atoms with Crippen LogP contribution in [0.25, 0.3) is 0 Å². The lowest BCUT2D eigenvalue weighted by Gasteiger charge is -2.28. The molecule has 1 aliphatic heterocycles. The van der Waals surface area contributed by atoms with E-state index < -0.39 is 0 Å². The van der Waals surface area contributed by atoms with Gasteiger partial charge in [-0.15, -0.1) is 0 Å². The van der Waals surface area contributed by atoms with Crippen LogP contribution < -0.4 is 4.74 Å². The average molecular weight is 207 g/mol. The highest BCUT2D eigenvalue weighted by molar-refractivity contribution is 5.48. The Morgan fingerprint density at radius 1 is 1.47 bits per heavy atom. The number of benzene rings is 1. The Balaban J connectivity index is 2.30. The predicted molar refractivity (Wildman–Crippen MR) is 59.5 cm³/mol. The van der Waals surface area contributed by atoms with E-state index in [1.54, 1.807) is 6.07 Å². The maximum absolute atomic E-state index is 9.67. The van der Waals surface area contributed by atoms with E-state index in [0.29, 0.717) is 18.3 Å². The standard InChI is InChI=1S/C12H17NO2/c1-13(2)8-9-6-7-15-12-10(9)4-3-5-11(12)14/h3-5,9,14H,6-8H2,1-2H3. The molecule has 1 heterocycles. The van der Waals surface area contributed by atoms with Crippen LogP contribution in [0.2, 0.25) is 0 Å². The van der Waals surface area contributed by atoms with Crippen LogP contribution >= 0.6 is 0 Å². The molecule has 0 aliphatic carbocycles. The third-order valence-electron chi connectivity index (χ3n) is 2.76. The highest BCUT2D eigenvalue weighted by Gasteiger charge is 2.23. The molecule has 0 bridgehead atoms. The Morgan fingerprint density at radius 2 is 2.27 bits per heavy atom. The molecule has 0 fully saturated rings. The first-order valence-corrected chi connectivity index (χ1v) is 5.28. The minimum absolute atomic E-state index is 0.260. The normalized spacial score (nSPS) is 19.8. The molecule has 0 aromatic heterocycles. The molecule has 3 nitrogen and oxygen atoms in total. The van der Waals surface area contributed by atoms with Crippen LogP contribution in [0.5, 0.6) is 11.5 Å². The molecule has 1 N–H and O–H groups in total. The molecule has 0 spiro atoms. The minimum Gasteiger partial charge on any atom is -0.504 e. The van der Waals surface area contributed by atoms with Crippen LogP contribution in [-0.4, -0.2) is 37.3 Å². The predicted octanol–water partition coefficient (Wildman–Crippen LogP) is 1.82. The summed E-state index contributed by atoms with van der Waals surface area (Å²) in [6.07, 6.45) is 1.02. The summed E-state index contributed by atoms with van der Waals surface area (Å²) in [6, 6.07) is 5.60. The molecule has 0 radical (unpaired) electrons. The van der Waals surface area contributed by atoms with Gasteiger partial charge in [0, 0.05) is 18.0 Å². The summed E-state index contributed by atoms with van der Waals surface area (Å²) in [5.74, 6) is 1.41. The minimum atomic E-state index is 0.260. The second-order valence-corrected chi connectivity index (χ2v) is 4.29. The van der Waals surface area contributed by atoms with Gasteiger partial charge in [-0.2, -0.15) is 0 Å². The van der Waals surface area contributed by atoms with Gasteiger partial charge in [0.2, 0.25) is 0 Å². The number of rotatable bonds is 2. The Morgan fingerprint density at radius 3 is 3.00 bits per heavy atom. The second-order valence-electron chi connectivity index (χ2n) is 4.29.